The van der Waals surface area contributed by atoms with Crippen LogP contribution >= 0.6 is 0 Å². The number of fused-ring (bicyclic) bond motifs is 1. The van der Waals surface area contributed by atoms with Crippen molar-refractivity contribution < 1.29 is 18.7 Å². The van der Waals surface area contributed by atoms with Crippen molar-refractivity contribution in [1.29, 1.82) is 0 Å². The Kier molecular flexibility index (Phi) is 6.48. The molecule has 0 unspecified atom stereocenters. The van der Waals surface area contributed by atoms with E-state index in [-0.39, 0.29) is 24.9 Å². The molecule has 37 heavy (non-hydrogen) atoms. The Morgan fingerprint density at radius 3 is 2.46 bits per heavy atom. The molecule has 0 fully saturated rings. The van der Waals surface area contributed by atoms with Gasteiger partial charge in [0.2, 0.25) is 5.91 Å². The standard InChI is InChI=1S/C29H27FN4O3/c1-29(28(36)31-17-20-8-4-3-5-9-20)19-34-26(16-25(32-34)21-12-14-23(37-2)15-13-21)27(35)33(29)18-22-10-6-7-11-24(22)30/h3-16H,17-19H2,1-2H3,(H,31,36)/t29-/m0/s1. The second-order valence-corrected chi connectivity index (χ2v) is 9.23. The Labute approximate surface area is 214 Å². The maximum atomic E-state index is 14.6. The second-order valence-electron chi connectivity index (χ2n) is 9.23. The van der Waals surface area contributed by atoms with Crippen LogP contribution in [0, 0.1) is 5.82 Å². The van der Waals surface area contributed by atoms with E-state index in [0.29, 0.717) is 29.2 Å². The van der Waals surface area contributed by atoms with Gasteiger partial charge in [-0.25, -0.2) is 4.39 Å². The average Bonchev–Trinajstić information content (AvgIpc) is 3.35. The number of nitrogens with one attached hydrogen (secondary N) is 1. The quantitative estimate of drug-likeness (QED) is 0.409. The van der Waals surface area contributed by atoms with Gasteiger partial charge in [0.1, 0.15) is 22.8 Å². The molecule has 2 heterocycles. The number of rotatable bonds is 7. The minimum atomic E-state index is -1.30. The van der Waals surface area contributed by atoms with Gasteiger partial charge in [0.05, 0.1) is 25.9 Å². The van der Waals surface area contributed by atoms with Crippen LogP contribution in [-0.4, -0.2) is 39.1 Å². The van der Waals surface area contributed by atoms with Gasteiger partial charge >= 0.3 is 0 Å². The number of nitrogens with zero attached hydrogens (tertiary/aromatic N) is 3. The van der Waals surface area contributed by atoms with Crippen molar-refractivity contribution in [2.75, 3.05) is 7.11 Å². The third kappa shape index (κ3) is 4.70. The topological polar surface area (TPSA) is 76.5 Å². The first-order valence-electron chi connectivity index (χ1n) is 12.0. The van der Waals surface area contributed by atoms with Crippen LogP contribution in [0.1, 0.15) is 28.5 Å². The largest absolute Gasteiger partial charge is 0.497 e. The molecule has 0 bridgehead atoms. The summed E-state index contributed by atoms with van der Waals surface area (Å²) in [6.07, 6.45) is 0. The third-order valence-corrected chi connectivity index (χ3v) is 6.75. The fourth-order valence-electron chi connectivity index (χ4n) is 4.56. The number of methoxy groups -OCH3 is 1. The first kappa shape index (κ1) is 24.2. The number of amides is 2. The first-order chi connectivity index (χ1) is 17.9. The lowest BCUT2D eigenvalue weighted by Crippen LogP contribution is -2.63. The van der Waals surface area contributed by atoms with E-state index >= 15 is 0 Å². The molecule has 0 radical (unpaired) electrons. The summed E-state index contributed by atoms with van der Waals surface area (Å²) in [4.78, 5) is 28.9. The highest BCUT2D eigenvalue weighted by atomic mass is 19.1. The Balaban J connectivity index is 1.50. The van der Waals surface area contributed by atoms with Crippen LogP contribution in [0.25, 0.3) is 11.3 Å². The van der Waals surface area contributed by atoms with Crippen molar-refractivity contribution in [1.82, 2.24) is 20.0 Å². The van der Waals surface area contributed by atoms with E-state index in [2.05, 4.69) is 10.4 Å². The summed E-state index contributed by atoms with van der Waals surface area (Å²) >= 11 is 0. The van der Waals surface area contributed by atoms with Gasteiger partial charge in [0.25, 0.3) is 5.91 Å². The molecule has 5 rings (SSSR count). The molecule has 0 saturated carbocycles. The number of benzene rings is 3. The molecular weight excluding hydrogens is 471 g/mol. The molecule has 1 N–H and O–H groups in total. The summed E-state index contributed by atoms with van der Waals surface area (Å²) in [5, 5.41) is 7.62. The third-order valence-electron chi connectivity index (χ3n) is 6.75. The average molecular weight is 499 g/mol. The normalized spacial score (nSPS) is 16.8. The van der Waals surface area contributed by atoms with Gasteiger partial charge in [-0.1, -0.05) is 48.5 Å². The van der Waals surface area contributed by atoms with Gasteiger partial charge < -0.3 is 15.0 Å². The highest BCUT2D eigenvalue weighted by molar-refractivity contribution is 6.00. The number of carbonyl (C=O) groups is 2. The van der Waals surface area contributed by atoms with Crippen molar-refractivity contribution >= 4 is 11.8 Å². The Hall–Kier alpha value is -4.46. The number of carbonyl (C=O) groups excluding carboxylic acids is 2. The van der Waals surface area contributed by atoms with Gasteiger partial charge in [-0.2, -0.15) is 5.10 Å². The molecule has 1 aliphatic heterocycles. The zero-order valence-electron chi connectivity index (χ0n) is 20.6. The summed E-state index contributed by atoms with van der Waals surface area (Å²) in [5.41, 5.74) is 1.72. The highest BCUT2D eigenvalue weighted by Gasteiger charge is 2.48. The molecule has 1 aliphatic rings. The van der Waals surface area contributed by atoms with E-state index in [1.165, 1.54) is 11.0 Å². The van der Waals surface area contributed by atoms with Gasteiger partial charge in [-0.3, -0.25) is 14.3 Å². The van der Waals surface area contributed by atoms with E-state index in [1.54, 1.807) is 43.0 Å². The Morgan fingerprint density at radius 1 is 1.05 bits per heavy atom. The predicted octanol–water partition coefficient (Wildman–Crippen LogP) is 4.43. The minimum absolute atomic E-state index is 0.0518. The van der Waals surface area contributed by atoms with E-state index in [4.69, 9.17) is 4.74 Å². The summed E-state index contributed by atoms with van der Waals surface area (Å²) < 4.78 is 21.4. The first-order valence-corrected chi connectivity index (χ1v) is 12.0. The zero-order valence-corrected chi connectivity index (χ0v) is 20.6. The summed E-state index contributed by atoms with van der Waals surface area (Å²) in [6.45, 7) is 2.08. The van der Waals surface area contributed by atoms with Gasteiger partial charge in [0.15, 0.2) is 0 Å². The van der Waals surface area contributed by atoms with Crippen LogP contribution in [-0.2, 0) is 24.4 Å². The molecule has 4 aromatic rings. The van der Waals surface area contributed by atoms with E-state index in [1.807, 2.05) is 54.6 Å². The van der Waals surface area contributed by atoms with Crippen LogP contribution in [0.3, 0.4) is 0 Å². The monoisotopic (exact) mass is 498 g/mol. The SMILES string of the molecule is COc1ccc(-c2cc3n(n2)C[C@@](C)(C(=O)NCc2ccccc2)N(Cc2ccccc2F)C3=O)cc1. The number of hydrogen-bond donors (Lipinski definition) is 1. The van der Waals surface area contributed by atoms with Crippen LogP contribution in [0.15, 0.2) is 84.9 Å². The number of hydrogen-bond acceptors (Lipinski definition) is 4. The van der Waals surface area contributed by atoms with Crippen LogP contribution < -0.4 is 10.1 Å². The number of halogens is 1. The molecule has 0 aliphatic carbocycles. The molecular formula is C29H27FN4O3. The van der Waals surface area contributed by atoms with Crippen molar-refractivity contribution in [3.63, 3.8) is 0 Å². The summed E-state index contributed by atoms with van der Waals surface area (Å²) in [7, 11) is 1.59. The van der Waals surface area contributed by atoms with Crippen molar-refractivity contribution in [2.45, 2.75) is 32.1 Å². The molecule has 8 heteroatoms. The lowest BCUT2D eigenvalue weighted by atomic mass is 9.94. The predicted molar refractivity (Wildman–Crippen MR) is 137 cm³/mol. The Morgan fingerprint density at radius 2 is 1.76 bits per heavy atom. The highest BCUT2D eigenvalue weighted by Crippen LogP contribution is 2.32. The molecule has 7 nitrogen and oxygen atoms in total. The van der Waals surface area contributed by atoms with Gasteiger partial charge in [0, 0.05) is 17.7 Å². The van der Waals surface area contributed by atoms with Crippen molar-refractivity contribution in [3.8, 4) is 17.0 Å². The summed E-state index contributed by atoms with van der Waals surface area (Å²) in [5.74, 6) is -0.449. The van der Waals surface area contributed by atoms with Crippen molar-refractivity contribution in [2.24, 2.45) is 0 Å². The lowest BCUT2D eigenvalue weighted by molar-refractivity contribution is -0.133. The molecule has 0 spiro atoms. The fourth-order valence-corrected chi connectivity index (χ4v) is 4.56. The molecule has 1 atom stereocenters. The maximum absolute atomic E-state index is 14.6. The maximum Gasteiger partial charge on any atom is 0.273 e. The smallest absolute Gasteiger partial charge is 0.273 e. The van der Waals surface area contributed by atoms with Gasteiger partial charge in [-0.05, 0) is 48.9 Å². The van der Waals surface area contributed by atoms with Crippen LogP contribution in [0.2, 0.25) is 0 Å². The van der Waals surface area contributed by atoms with Crippen molar-refractivity contribution in [3.05, 3.63) is 108 Å². The Bertz CT molecular complexity index is 1440. The molecule has 2 amide bonds. The van der Waals surface area contributed by atoms with Crippen LogP contribution in [0.4, 0.5) is 4.39 Å². The molecule has 3 aromatic carbocycles. The molecule has 1 aromatic heterocycles. The second kappa shape index (κ2) is 9.89. The fraction of sp³-hybridized carbons (Fsp3) is 0.207. The van der Waals surface area contributed by atoms with Crippen LogP contribution in [0.5, 0.6) is 5.75 Å². The van der Waals surface area contributed by atoms with Gasteiger partial charge in [-0.15, -0.1) is 0 Å². The van der Waals surface area contributed by atoms with E-state index < -0.39 is 11.4 Å². The summed E-state index contributed by atoms with van der Waals surface area (Å²) in [6, 6.07) is 24.9. The van der Waals surface area contributed by atoms with E-state index in [9.17, 15) is 14.0 Å². The minimum Gasteiger partial charge on any atom is -0.497 e. The number of ether oxygens (including phenoxy) is 1. The number of aromatic nitrogens is 2. The molecule has 188 valence electrons. The zero-order chi connectivity index (χ0) is 26.0. The molecule has 0 saturated heterocycles. The lowest BCUT2D eigenvalue weighted by Gasteiger charge is -2.43. The van der Waals surface area contributed by atoms with E-state index in [0.717, 1.165) is 11.1 Å².